The third-order valence-corrected chi connectivity index (χ3v) is 5.99. The number of aliphatic carboxylic acids is 1. The lowest BCUT2D eigenvalue weighted by Gasteiger charge is -2.40. The monoisotopic (exact) mass is 485 g/mol. The van der Waals surface area contributed by atoms with Crippen LogP contribution in [0.2, 0.25) is 5.02 Å². The van der Waals surface area contributed by atoms with E-state index in [1.54, 1.807) is 23.1 Å². The second-order valence-electron chi connectivity index (χ2n) is 7.80. The SMILES string of the molecule is CCOc1ccc(C(c2ccc(Cl)c(C(F)(F)F)c2)N2CCCCC2C(=O)O)cc1OCC. The number of hydrogen-bond acceptors (Lipinski definition) is 4. The van der Waals surface area contributed by atoms with Crippen molar-refractivity contribution < 1.29 is 32.5 Å². The molecule has 2 atom stereocenters. The molecule has 1 aliphatic heterocycles. The first-order valence-electron chi connectivity index (χ1n) is 10.9. The zero-order valence-corrected chi connectivity index (χ0v) is 19.2. The van der Waals surface area contributed by atoms with Crippen LogP contribution in [-0.2, 0) is 11.0 Å². The molecule has 2 unspecified atom stereocenters. The maximum Gasteiger partial charge on any atom is 0.417 e. The van der Waals surface area contributed by atoms with E-state index in [-0.39, 0.29) is 0 Å². The highest BCUT2D eigenvalue weighted by Crippen LogP contribution is 2.42. The molecule has 1 N–H and O–H groups in total. The van der Waals surface area contributed by atoms with Crippen molar-refractivity contribution in [1.29, 1.82) is 0 Å². The van der Waals surface area contributed by atoms with Gasteiger partial charge in [-0.2, -0.15) is 13.2 Å². The number of nitrogens with zero attached hydrogens (tertiary/aromatic N) is 1. The van der Waals surface area contributed by atoms with Crippen LogP contribution in [0.3, 0.4) is 0 Å². The molecule has 0 amide bonds. The summed E-state index contributed by atoms with van der Waals surface area (Å²) in [7, 11) is 0. The Morgan fingerprint density at radius 2 is 1.73 bits per heavy atom. The molecule has 0 aromatic heterocycles. The van der Waals surface area contributed by atoms with Crippen LogP contribution in [0.25, 0.3) is 0 Å². The van der Waals surface area contributed by atoms with Crippen LogP contribution in [0.15, 0.2) is 36.4 Å². The quantitative estimate of drug-likeness (QED) is 0.483. The zero-order chi connectivity index (χ0) is 24.2. The maximum absolute atomic E-state index is 13.6. The fourth-order valence-corrected chi connectivity index (χ4v) is 4.50. The maximum atomic E-state index is 13.6. The second kappa shape index (κ2) is 10.7. The molecule has 5 nitrogen and oxygen atoms in total. The number of alkyl halides is 3. The van der Waals surface area contributed by atoms with Crippen LogP contribution < -0.4 is 9.47 Å². The van der Waals surface area contributed by atoms with E-state index in [0.29, 0.717) is 48.8 Å². The molecule has 1 saturated heterocycles. The topological polar surface area (TPSA) is 59.0 Å². The van der Waals surface area contributed by atoms with Gasteiger partial charge < -0.3 is 14.6 Å². The number of carboxylic acid groups (broad SMARTS) is 1. The highest BCUT2D eigenvalue weighted by atomic mass is 35.5. The van der Waals surface area contributed by atoms with Crippen molar-refractivity contribution in [2.75, 3.05) is 19.8 Å². The lowest BCUT2D eigenvalue weighted by molar-refractivity contribution is -0.145. The predicted molar refractivity (Wildman–Crippen MR) is 119 cm³/mol. The first-order chi connectivity index (χ1) is 15.7. The van der Waals surface area contributed by atoms with Crippen LogP contribution >= 0.6 is 11.6 Å². The summed E-state index contributed by atoms with van der Waals surface area (Å²) in [6.07, 6.45) is -2.74. The standard InChI is InChI=1S/C24H27ClF3NO4/c1-3-32-20-11-9-16(14-21(20)33-4-2)22(29-12-6-5-7-19(29)23(30)31)15-8-10-18(25)17(13-15)24(26,27)28/h8-11,13-14,19,22H,3-7,12H2,1-2H3,(H,30,31). The van der Waals surface area contributed by atoms with E-state index in [4.69, 9.17) is 21.1 Å². The molecule has 33 heavy (non-hydrogen) atoms. The average Bonchev–Trinajstić information content (AvgIpc) is 2.76. The lowest BCUT2D eigenvalue weighted by atomic mass is 9.90. The van der Waals surface area contributed by atoms with Crippen molar-refractivity contribution in [3.63, 3.8) is 0 Å². The summed E-state index contributed by atoms with van der Waals surface area (Å²) in [4.78, 5) is 13.8. The summed E-state index contributed by atoms with van der Waals surface area (Å²) in [5, 5.41) is 9.44. The van der Waals surface area contributed by atoms with Crippen LogP contribution in [0, 0.1) is 0 Å². The van der Waals surface area contributed by atoms with Gasteiger partial charge in [0.1, 0.15) is 6.04 Å². The largest absolute Gasteiger partial charge is 0.490 e. The molecule has 180 valence electrons. The minimum atomic E-state index is -4.64. The van der Waals surface area contributed by atoms with Crippen LogP contribution in [-0.4, -0.2) is 41.8 Å². The molecule has 0 aliphatic carbocycles. The minimum absolute atomic E-state index is 0.312. The van der Waals surface area contributed by atoms with E-state index in [1.807, 2.05) is 13.8 Å². The molecule has 0 spiro atoms. The molecular weight excluding hydrogens is 459 g/mol. The highest BCUT2D eigenvalue weighted by molar-refractivity contribution is 6.31. The predicted octanol–water partition coefficient (Wildman–Crippen LogP) is 6.18. The van der Waals surface area contributed by atoms with E-state index < -0.39 is 34.8 Å². The lowest BCUT2D eigenvalue weighted by Crippen LogP contribution is -2.46. The van der Waals surface area contributed by atoms with Crippen LogP contribution in [0.5, 0.6) is 11.5 Å². The Morgan fingerprint density at radius 1 is 1.09 bits per heavy atom. The van der Waals surface area contributed by atoms with Gasteiger partial charge in [-0.15, -0.1) is 0 Å². The molecule has 3 rings (SSSR count). The van der Waals surface area contributed by atoms with Crippen molar-refractivity contribution in [3.8, 4) is 11.5 Å². The fourth-order valence-electron chi connectivity index (χ4n) is 4.27. The third-order valence-electron chi connectivity index (χ3n) is 5.66. The second-order valence-corrected chi connectivity index (χ2v) is 8.21. The number of piperidine rings is 1. The van der Waals surface area contributed by atoms with Crippen LogP contribution in [0.1, 0.15) is 55.8 Å². The Kier molecular flexibility index (Phi) is 8.13. The van der Waals surface area contributed by atoms with Gasteiger partial charge in [-0.25, -0.2) is 0 Å². The Morgan fingerprint density at radius 3 is 2.36 bits per heavy atom. The molecule has 1 fully saturated rings. The van der Waals surface area contributed by atoms with E-state index in [2.05, 4.69) is 0 Å². The molecule has 2 aromatic rings. The third kappa shape index (κ3) is 5.73. The first-order valence-corrected chi connectivity index (χ1v) is 11.3. The fraction of sp³-hybridized carbons (Fsp3) is 0.458. The molecule has 0 bridgehead atoms. The summed E-state index contributed by atoms with van der Waals surface area (Å²) >= 11 is 5.85. The molecule has 1 heterocycles. The Labute approximate surface area is 196 Å². The van der Waals surface area contributed by atoms with E-state index in [9.17, 15) is 23.1 Å². The molecule has 2 aromatic carbocycles. The van der Waals surface area contributed by atoms with Gasteiger partial charge in [0.15, 0.2) is 11.5 Å². The Balaban J connectivity index is 2.18. The van der Waals surface area contributed by atoms with Gasteiger partial charge in [-0.1, -0.05) is 30.2 Å². The van der Waals surface area contributed by atoms with E-state index >= 15 is 0 Å². The van der Waals surface area contributed by atoms with Gasteiger partial charge >= 0.3 is 12.1 Å². The number of likely N-dealkylation sites (tertiary alicyclic amines) is 1. The van der Waals surface area contributed by atoms with Gasteiger partial charge in [-0.05, 0) is 68.6 Å². The van der Waals surface area contributed by atoms with Crippen molar-refractivity contribution in [1.82, 2.24) is 4.90 Å². The summed E-state index contributed by atoms with van der Waals surface area (Å²) in [6, 6.07) is 7.35. The van der Waals surface area contributed by atoms with Gasteiger partial charge in [0, 0.05) is 0 Å². The molecule has 0 radical (unpaired) electrons. The Hall–Kier alpha value is -2.45. The summed E-state index contributed by atoms with van der Waals surface area (Å²) in [5.74, 6) is -0.0289. The van der Waals surface area contributed by atoms with Gasteiger partial charge in [-0.3, -0.25) is 9.69 Å². The Bertz CT molecular complexity index is 983. The summed E-state index contributed by atoms with van der Waals surface area (Å²) in [6.45, 7) is 4.88. The minimum Gasteiger partial charge on any atom is -0.490 e. The molecule has 0 saturated carbocycles. The number of carboxylic acids is 1. The molecule has 1 aliphatic rings. The van der Waals surface area contributed by atoms with Gasteiger partial charge in [0.25, 0.3) is 0 Å². The number of rotatable bonds is 8. The summed E-state index contributed by atoms with van der Waals surface area (Å²) < 4.78 is 52.2. The molecule has 9 heteroatoms. The number of hydrogen-bond donors (Lipinski definition) is 1. The number of halogens is 4. The number of ether oxygens (including phenoxy) is 2. The van der Waals surface area contributed by atoms with Gasteiger partial charge in [0.05, 0.1) is 29.8 Å². The van der Waals surface area contributed by atoms with Crippen LogP contribution in [0.4, 0.5) is 13.2 Å². The average molecular weight is 486 g/mol. The number of carbonyl (C=O) groups is 1. The van der Waals surface area contributed by atoms with Crippen molar-refractivity contribution >= 4 is 17.6 Å². The first kappa shape index (κ1) is 25.2. The van der Waals surface area contributed by atoms with Crippen molar-refractivity contribution in [2.24, 2.45) is 0 Å². The smallest absolute Gasteiger partial charge is 0.417 e. The van der Waals surface area contributed by atoms with Crippen molar-refractivity contribution in [3.05, 3.63) is 58.1 Å². The van der Waals surface area contributed by atoms with Gasteiger partial charge in [0.2, 0.25) is 0 Å². The van der Waals surface area contributed by atoms with E-state index in [1.165, 1.54) is 12.1 Å². The summed E-state index contributed by atoms with van der Waals surface area (Å²) in [5.41, 5.74) is -0.0245. The number of benzene rings is 2. The zero-order valence-electron chi connectivity index (χ0n) is 18.5. The molecular formula is C24H27ClF3NO4. The highest BCUT2D eigenvalue weighted by Gasteiger charge is 2.38. The van der Waals surface area contributed by atoms with E-state index in [0.717, 1.165) is 18.9 Å². The normalized spacial score (nSPS) is 18.1. The van der Waals surface area contributed by atoms with Crippen molar-refractivity contribution in [2.45, 2.75) is 51.4 Å².